The van der Waals surface area contributed by atoms with Crippen molar-refractivity contribution in [3.05, 3.63) is 55.5 Å². The number of benzene rings is 2. The first kappa shape index (κ1) is 21.4. The molecule has 2 aromatic carbocycles. The van der Waals surface area contributed by atoms with E-state index in [9.17, 15) is 0 Å². The van der Waals surface area contributed by atoms with Crippen LogP contribution in [0.3, 0.4) is 0 Å². The number of rotatable bonds is 8. The lowest BCUT2D eigenvalue weighted by molar-refractivity contribution is 0.263. The van der Waals surface area contributed by atoms with Gasteiger partial charge in [-0.15, -0.1) is 0 Å². The van der Waals surface area contributed by atoms with E-state index in [1.54, 1.807) is 0 Å². The second kappa shape index (κ2) is 8.33. The number of ether oxygens (including phenoxy) is 4. The van der Waals surface area contributed by atoms with Gasteiger partial charge in [-0.25, -0.2) is 0 Å². The Kier molecular flexibility index (Phi) is 6.14. The molecule has 4 rings (SSSR count). The fraction of sp³-hybridized carbons (Fsp3) is 0.429. The van der Waals surface area contributed by atoms with Crippen LogP contribution in [0, 0.1) is 0 Å². The predicted molar refractivity (Wildman–Crippen MR) is 116 cm³/mol. The van der Waals surface area contributed by atoms with Gasteiger partial charge in [0.1, 0.15) is 41.2 Å². The standard InChI is InChI=1S/C21H20Cl4O4/c1-21(2,11-3-5-12(6-4-11)26-7-13-8-27-13)15-16(22)18(24)20(19(25)17(15)23)29-10-14-9-28-14/h3-6,13-14H,7-10H2,1-2H3. The average molecular weight is 478 g/mol. The van der Waals surface area contributed by atoms with E-state index in [2.05, 4.69) is 0 Å². The molecule has 2 unspecified atom stereocenters. The Morgan fingerprint density at radius 1 is 0.828 bits per heavy atom. The Balaban J connectivity index is 1.62. The molecule has 4 nitrogen and oxygen atoms in total. The first-order valence-corrected chi connectivity index (χ1v) is 10.8. The summed E-state index contributed by atoms with van der Waals surface area (Å²) in [6, 6.07) is 7.79. The van der Waals surface area contributed by atoms with Gasteiger partial charge in [0.2, 0.25) is 0 Å². The smallest absolute Gasteiger partial charge is 0.159 e. The Hall–Kier alpha value is -0.880. The highest BCUT2D eigenvalue weighted by atomic mass is 35.5. The molecule has 2 heterocycles. The van der Waals surface area contributed by atoms with Crippen LogP contribution in [0.2, 0.25) is 20.1 Å². The van der Waals surface area contributed by atoms with E-state index in [0.29, 0.717) is 35.4 Å². The van der Waals surface area contributed by atoms with Gasteiger partial charge in [0.15, 0.2) is 5.75 Å². The monoisotopic (exact) mass is 476 g/mol. The van der Waals surface area contributed by atoms with Crippen LogP contribution in [0.1, 0.15) is 25.0 Å². The molecule has 29 heavy (non-hydrogen) atoms. The van der Waals surface area contributed by atoms with Gasteiger partial charge in [0, 0.05) is 11.0 Å². The normalized spacial score (nSPS) is 20.5. The molecule has 156 valence electrons. The molecule has 8 heteroatoms. The minimum Gasteiger partial charge on any atom is -0.491 e. The van der Waals surface area contributed by atoms with Crippen molar-refractivity contribution in [2.75, 3.05) is 26.4 Å². The molecule has 0 saturated carbocycles. The molecule has 0 aliphatic carbocycles. The highest BCUT2D eigenvalue weighted by Gasteiger charge is 2.34. The molecule has 0 spiro atoms. The maximum atomic E-state index is 6.64. The number of halogens is 4. The summed E-state index contributed by atoms with van der Waals surface area (Å²) in [7, 11) is 0. The van der Waals surface area contributed by atoms with Gasteiger partial charge in [-0.3, -0.25) is 0 Å². The number of hydrogen-bond acceptors (Lipinski definition) is 4. The topological polar surface area (TPSA) is 43.5 Å². The first-order valence-electron chi connectivity index (χ1n) is 9.24. The summed E-state index contributed by atoms with van der Waals surface area (Å²) in [6.07, 6.45) is 0.267. The van der Waals surface area contributed by atoms with Crippen LogP contribution in [0.4, 0.5) is 0 Å². The molecule has 2 fully saturated rings. The van der Waals surface area contributed by atoms with Gasteiger partial charge in [0.25, 0.3) is 0 Å². The molecule has 0 N–H and O–H groups in total. The van der Waals surface area contributed by atoms with E-state index in [0.717, 1.165) is 17.9 Å². The van der Waals surface area contributed by atoms with Crippen molar-refractivity contribution in [2.24, 2.45) is 0 Å². The van der Waals surface area contributed by atoms with Crippen LogP contribution in [0.25, 0.3) is 0 Å². The third-order valence-electron chi connectivity index (χ3n) is 5.08. The van der Waals surface area contributed by atoms with Crippen molar-refractivity contribution in [3.8, 4) is 11.5 Å². The quantitative estimate of drug-likeness (QED) is 0.336. The minimum absolute atomic E-state index is 0.0583. The van der Waals surface area contributed by atoms with Gasteiger partial charge in [-0.05, 0) is 17.7 Å². The summed E-state index contributed by atoms with van der Waals surface area (Å²) in [5.74, 6) is 1.06. The van der Waals surface area contributed by atoms with E-state index in [-0.39, 0.29) is 28.0 Å². The maximum Gasteiger partial charge on any atom is 0.159 e. The molecular formula is C21H20Cl4O4. The summed E-state index contributed by atoms with van der Waals surface area (Å²) in [4.78, 5) is 0. The molecule has 2 aromatic rings. The molecule has 0 radical (unpaired) electrons. The molecular weight excluding hydrogens is 458 g/mol. The van der Waals surface area contributed by atoms with Crippen LogP contribution in [-0.4, -0.2) is 38.6 Å². The van der Waals surface area contributed by atoms with Crippen molar-refractivity contribution in [1.29, 1.82) is 0 Å². The maximum absolute atomic E-state index is 6.64. The lowest BCUT2D eigenvalue weighted by Gasteiger charge is -2.30. The summed E-state index contributed by atoms with van der Waals surface area (Å²) >= 11 is 26.3. The summed E-state index contributed by atoms with van der Waals surface area (Å²) in [5.41, 5.74) is 1.08. The lowest BCUT2D eigenvalue weighted by atomic mass is 9.78. The fourth-order valence-electron chi connectivity index (χ4n) is 3.09. The zero-order chi connectivity index (χ0) is 20.8. The average Bonchev–Trinajstić information content (AvgIpc) is 3.60. The van der Waals surface area contributed by atoms with Gasteiger partial charge in [-0.1, -0.05) is 72.4 Å². The zero-order valence-electron chi connectivity index (χ0n) is 15.9. The van der Waals surface area contributed by atoms with E-state index < -0.39 is 5.41 Å². The van der Waals surface area contributed by atoms with Crippen molar-refractivity contribution in [3.63, 3.8) is 0 Å². The molecule has 2 aliphatic rings. The van der Waals surface area contributed by atoms with Crippen LogP contribution < -0.4 is 9.47 Å². The van der Waals surface area contributed by atoms with Gasteiger partial charge < -0.3 is 18.9 Å². The second-order valence-electron chi connectivity index (χ2n) is 7.64. The van der Waals surface area contributed by atoms with Crippen LogP contribution >= 0.6 is 46.4 Å². The molecule has 2 aliphatic heterocycles. The first-order chi connectivity index (χ1) is 13.8. The highest BCUT2D eigenvalue weighted by Crippen LogP contribution is 2.51. The Bertz CT molecular complexity index is 877. The number of epoxide rings is 2. The second-order valence-corrected chi connectivity index (χ2v) is 9.15. The predicted octanol–water partition coefficient (Wildman–Crippen LogP) is 6.18. The van der Waals surface area contributed by atoms with Crippen LogP contribution in [0.5, 0.6) is 11.5 Å². The molecule has 0 amide bonds. The summed E-state index contributed by atoms with van der Waals surface area (Å²) in [6.45, 7) is 6.35. The van der Waals surface area contributed by atoms with Gasteiger partial charge in [-0.2, -0.15) is 0 Å². The summed E-state index contributed by atoms with van der Waals surface area (Å²) in [5, 5.41) is 1.14. The van der Waals surface area contributed by atoms with Crippen LogP contribution in [-0.2, 0) is 14.9 Å². The number of hydrogen-bond donors (Lipinski definition) is 0. The molecule has 0 bridgehead atoms. The SMILES string of the molecule is CC(C)(c1ccc(OCC2CO2)cc1)c1c(Cl)c(Cl)c(OCC2CO2)c(Cl)c1Cl. The van der Waals surface area contributed by atoms with Crippen molar-refractivity contribution in [2.45, 2.75) is 31.5 Å². The van der Waals surface area contributed by atoms with E-state index in [1.165, 1.54) is 0 Å². The summed E-state index contributed by atoms with van der Waals surface area (Å²) < 4.78 is 21.7. The molecule has 2 saturated heterocycles. The van der Waals surface area contributed by atoms with E-state index >= 15 is 0 Å². The zero-order valence-corrected chi connectivity index (χ0v) is 19.0. The van der Waals surface area contributed by atoms with Crippen molar-refractivity contribution >= 4 is 46.4 Å². The molecule has 0 aromatic heterocycles. The Labute approximate surface area is 189 Å². The van der Waals surface area contributed by atoms with Gasteiger partial charge >= 0.3 is 0 Å². The third kappa shape index (κ3) is 4.58. The lowest BCUT2D eigenvalue weighted by Crippen LogP contribution is -2.21. The third-order valence-corrected chi connectivity index (χ3v) is 6.75. The van der Waals surface area contributed by atoms with Gasteiger partial charge in [0.05, 0.1) is 23.3 Å². The Morgan fingerprint density at radius 2 is 1.31 bits per heavy atom. The highest BCUT2D eigenvalue weighted by molar-refractivity contribution is 6.49. The largest absolute Gasteiger partial charge is 0.491 e. The van der Waals surface area contributed by atoms with Crippen molar-refractivity contribution < 1.29 is 18.9 Å². The van der Waals surface area contributed by atoms with E-state index in [4.69, 9.17) is 65.4 Å². The minimum atomic E-state index is -0.558. The van der Waals surface area contributed by atoms with E-state index in [1.807, 2.05) is 38.1 Å². The van der Waals surface area contributed by atoms with Crippen molar-refractivity contribution in [1.82, 2.24) is 0 Å². The van der Waals surface area contributed by atoms with Crippen LogP contribution in [0.15, 0.2) is 24.3 Å². The fourth-order valence-corrected chi connectivity index (χ4v) is 4.51. The molecule has 2 atom stereocenters. The Morgan fingerprint density at radius 3 is 1.79 bits per heavy atom.